The summed E-state index contributed by atoms with van der Waals surface area (Å²) in [6, 6.07) is 0. The van der Waals surface area contributed by atoms with Crippen molar-refractivity contribution in [3.05, 3.63) is 11.6 Å². The molecular weight excluding hydrogens is 182 g/mol. The summed E-state index contributed by atoms with van der Waals surface area (Å²) in [6.45, 7) is 9.34. The van der Waals surface area contributed by atoms with Crippen molar-refractivity contribution in [1.29, 1.82) is 0 Å². The van der Waals surface area contributed by atoms with Crippen LogP contribution in [0.5, 0.6) is 0 Å². The predicted molar refractivity (Wildman–Crippen MR) is 68.1 cm³/mol. The molecule has 0 aromatic rings. The molecule has 0 bridgehead atoms. The Morgan fingerprint density at radius 2 is 2.07 bits per heavy atom. The molecule has 1 aliphatic heterocycles. The second-order valence-corrected chi connectivity index (χ2v) is 5.10. The number of hydrogen-bond donors (Lipinski definition) is 1. The highest BCUT2D eigenvalue weighted by molar-refractivity contribution is 5.16. The van der Waals surface area contributed by atoms with E-state index in [2.05, 4.69) is 32.2 Å². The lowest BCUT2D eigenvalue weighted by Crippen LogP contribution is -2.28. The molecule has 0 aromatic heterocycles. The van der Waals surface area contributed by atoms with Gasteiger partial charge in [-0.25, -0.2) is 0 Å². The highest BCUT2D eigenvalue weighted by Gasteiger charge is 2.27. The van der Waals surface area contributed by atoms with Crippen molar-refractivity contribution in [1.82, 2.24) is 5.32 Å². The standard InChI is InChI=1S/C14H27N/c1-4-6-10-14(3,9-5-2)13-7-11-15-12-8-13/h7,15H,4-6,8-12H2,1-3H3. The maximum absolute atomic E-state index is 3.41. The first-order chi connectivity index (χ1) is 7.23. The van der Waals surface area contributed by atoms with Crippen LogP contribution < -0.4 is 5.32 Å². The van der Waals surface area contributed by atoms with Crippen LogP contribution in [0, 0.1) is 5.41 Å². The van der Waals surface area contributed by atoms with Crippen LogP contribution in [0.15, 0.2) is 11.6 Å². The zero-order valence-corrected chi connectivity index (χ0v) is 10.7. The van der Waals surface area contributed by atoms with Crippen LogP contribution >= 0.6 is 0 Å². The summed E-state index contributed by atoms with van der Waals surface area (Å²) < 4.78 is 0. The SMILES string of the molecule is CCCCC(C)(CCC)C1=CCNCC1. The normalized spacial score (nSPS) is 20.9. The molecule has 88 valence electrons. The van der Waals surface area contributed by atoms with Crippen LogP contribution in [0.25, 0.3) is 0 Å². The van der Waals surface area contributed by atoms with Crippen LogP contribution in [-0.2, 0) is 0 Å². The van der Waals surface area contributed by atoms with Gasteiger partial charge in [0.15, 0.2) is 0 Å². The molecule has 0 spiro atoms. The van der Waals surface area contributed by atoms with Gasteiger partial charge in [0.05, 0.1) is 0 Å². The lowest BCUT2D eigenvalue weighted by atomic mass is 9.72. The average molecular weight is 209 g/mol. The molecule has 0 saturated carbocycles. The third-order valence-corrected chi connectivity index (χ3v) is 3.72. The van der Waals surface area contributed by atoms with Gasteiger partial charge in [-0.1, -0.05) is 51.7 Å². The monoisotopic (exact) mass is 209 g/mol. The second-order valence-electron chi connectivity index (χ2n) is 5.10. The highest BCUT2D eigenvalue weighted by Crippen LogP contribution is 2.39. The fourth-order valence-electron chi connectivity index (χ4n) is 2.74. The first-order valence-corrected chi connectivity index (χ1v) is 6.63. The number of rotatable bonds is 6. The van der Waals surface area contributed by atoms with E-state index in [1.165, 1.54) is 45.1 Å². The van der Waals surface area contributed by atoms with E-state index in [9.17, 15) is 0 Å². The minimum atomic E-state index is 0.493. The van der Waals surface area contributed by atoms with E-state index in [0.717, 1.165) is 6.54 Å². The van der Waals surface area contributed by atoms with Gasteiger partial charge in [-0.3, -0.25) is 0 Å². The van der Waals surface area contributed by atoms with Crippen LogP contribution in [0.2, 0.25) is 0 Å². The Hall–Kier alpha value is -0.300. The number of nitrogens with one attached hydrogen (secondary N) is 1. The Labute approximate surface area is 95.3 Å². The summed E-state index contributed by atoms with van der Waals surface area (Å²) in [7, 11) is 0. The minimum absolute atomic E-state index is 0.493. The Balaban J connectivity index is 2.64. The number of hydrogen-bond acceptors (Lipinski definition) is 1. The molecule has 1 rings (SSSR count). The fraction of sp³-hybridized carbons (Fsp3) is 0.857. The zero-order chi connectivity index (χ0) is 11.1. The molecule has 1 heterocycles. The molecule has 0 saturated heterocycles. The van der Waals surface area contributed by atoms with E-state index < -0.39 is 0 Å². The molecule has 1 unspecified atom stereocenters. The Bertz CT molecular complexity index is 207. The molecule has 1 heteroatoms. The second kappa shape index (κ2) is 6.32. The summed E-state index contributed by atoms with van der Waals surface area (Å²) in [6.07, 6.45) is 10.5. The molecule has 0 aliphatic carbocycles. The van der Waals surface area contributed by atoms with E-state index in [-0.39, 0.29) is 0 Å². The van der Waals surface area contributed by atoms with Crippen LogP contribution in [0.3, 0.4) is 0 Å². The van der Waals surface area contributed by atoms with Crippen LogP contribution in [0.1, 0.15) is 59.3 Å². The molecule has 0 fully saturated rings. The van der Waals surface area contributed by atoms with Gasteiger partial charge < -0.3 is 5.32 Å². The zero-order valence-electron chi connectivity index (χ0n) is 10.7. The van der Waals surface area contributed by atoms with Crippen molar-refractivity contribution in [3.63, 3.8) is 0 Å². The third kappa shape index (κ3) is 3.64. The molecule has 0 amide bonds. The van der Waals surface area contributed by atoms with Gasteiger partial charge >= 0.3 is 0 Å². The van der Waals surface area contributed by atoms with Crippen molar-refractivity contribution in [2.24, 2.45) is 5.41 Å². The predicted octanol–water partition coefficient (Wildman–Crippen LogP) is 3.90. The number of unbranched alkanes of at least 4 members (excludes halogenated alkanes) is 1. The summed E-state index contributed by atoms with van der Waals surface area (Å²) in [5.41, 5.74) is 2.21. The molecule has 1 atom stereocenters. The van der Waals surface area contributed by atoms with Gasteiger partial charge in [0, 0.05) is 6.54 Å². The van der Waals surface area contributed by atoms with Gasteiger partial charge in [-0.05, 0) is 31.2 Å². The summed E-state index contributed by atoms with van der Waals surface area (Å²) in [5.74, 6) is 0. The minimum Gasteiger partial charge on any atom is -0.313 e. The first kappa shape index (κ1) is 12.8. The smallest absolute Gasteiger partial charge is 0.0137 e. The lowest BCUT2D eigenvalue weighted by molar-refractivity contribution is 0.306. The van der Waals surface area contributed by atoms with Gasteiger partial charge in [0.1, 0.15) is 0 Å². The van der Waals surface area contributed by atoms with E-state index in [4.69, 9.17) is 0 Å². The first-order valence-electron chi connectivity index (χ1n) is 6.63. The lowest BCUT2D eigenvalue weighted by Gasteiger charge is -2.34. The maximum atomic E-state index is 3.41. The largest absolute Gasteiger partial charge is 0.313 e. The Morgan fingerprint density at radius 1 is 1.27 bits per heavy atom. The van der Waals surface area contributed by atoms with Crippen LogP contribution in [-0.4, -0.2) is 13.1 Å². The molecule has 0 radical (unpaired) electrons. The van der Waals surface area contributed by atoms with Gasteiger partial charge in [-0.2, -0.15) is 0 Å². The van der Waals surface area contributed by atoms with Gasteiger partial charge in [0.2, 0.25) is 0 Å². The summed E-state index contributed by atoms with van der Waals surface area (Å²) >= 11 is 0. The topological polar surface area (TPSA) is 12.0 Å². The Morgan fingerprint density at radius 3 is 2.60 bits per heavy atom. The quantitative estimate of drug-likeness (QED) is 0.654. The van der Waals surface area contributed by atoms with E-state index in [0.29, 0.717) is 5.41 Å². The van der Waals surface area contributed by atoms with Crippen molar-refractivity contribution in [2.75, 3.05) is 13.1 Å². The Kier molecular flexibility index (Phi) is 5.38. The third-order valence-electron chi connectivity index (χ3n) is 3.72. The highest BCUT2D eigenvalue weighted by atomic mass is 14.9. The molecule has 0 aromatic carbocycles. The van der Waals surface area contributed by atoms with E-state index in [1.807, 2.05) is 0 Å². The van der Waals surface area contributed by atoms with Crippen molar-refractivity contribution in [2.45, 2.75) is 59.3 Å². The maximum Gasteiger partial charge on any atom is 0.0137 e. The van der Waals surface area contributed by atoms with Gasteiger partial charge in [-0.15, -0.1) is 0 Å². The molecule has 1 aliphatic rings. The molecule has 1 N–H and O–H groups in total. The molecule has 15 heavy (non-hydrogen) atoms. The summed E-state index contributed by atoms with van der Waals surface area (Å²) in [4.78, 5) is 0. The summed E-state index contributed by atoms with van der Waals surface area (Å²) in [5, 5.41) is 3.41. The fourth-order valence-corrected chi connectivity index (χ4v) is 2.74. The van der Waals surface area contributed by atoms with Gasteiger partial charge in [0.25, 0.3) is 0 Å². The molecule has 1 nitrogen and oxygen atoms in total. The van der Waals surface area contributed by atoms with E-state index in [1.54, 1.807) is 5.57 Å². The molecular formula is C14H27N. The van der Waals surface area contributed by atoms with Crippen molar-refractivity contribution < 1.29 is 0 Å². The average Bonchev–Trinajstić information content (AvgIpc) is 2.28. The van der Waals surface area contributed by atoms with Crippen molar-refractivity contribution >= 4 is 0 Å². The van der Waals surface area contributed by atoms with E-state index >= 15 is 0 Å². The van der Waals surface area contributed by atoms with Crippen molar-refractivity contribution in [3.8, 4) is 0 Å². The van der Waals surface area contributed by atoms with Crippen LogP contribution in [0.4, 0.5) is 0 Å².